The molecule has 10 rings (SSSR count). The minimum absolute atomic E-state index is 0.630. The van der Waals surface area contributed by atoms with Crippen LogP contribution in [0.5, 0.6) is 0 Å². The van der Waals surface area contributed by atoms with Gasteiger partial charge in [-0.3, -0.25) is 0 Å². The minimum atomic E-state index is 0.630. The molecule has 0 saturated heterocycles. The molecule has 0 spiro atoms. The Morgan fingerprint density at radius 3 is 1.43 bits per heavy atom. The van der Waals surface area contributed by atoms with E-state index in [1.165, 1.54) is 32.7 Å². The first-order valence-electron chi connectivity index (χ1n) is 17.2. The Kier molecular flexibility index (Phi) is 6.78. The van der Waals surface area contributed by atoms with Crippen LogP contribution in [0.15, 0.2) is 182 Å². The van der Waals surface area contributed by atoms with Gasteiger partial charge >= 0.3 is 0 Å². The molecule has 0 atom stereocenters. The molecule has 0 aliphatic heterocycles. The fourth-order valence-corrected chi connectivity index (χ4v) is 7.56. The molecule has 0 saturated carbocycles. The van der Waals surface area contributed by atoms with Crippen LogP contribution in [0, 0.1) is 0 Å². The number of hydrogen-bond donors (Lipinski definition) is 0. The molecule has 51 heavy (non-hydrogen) atoms. The van der Waals surface area contributed by atoms with E-state index in [1.54, 1.807) is 0 Å². The van der Waals surface area contributed by atoms with Gasteiger partial charge in [0.2, 0.25) is 0 Å². The second kappa shape index (κ2) is 11.9. The molecule has 4 heteroatoms. The molecule has 0 radical (unpaired) electrons. The van der Waals surface area contributed by atoms with Crippen LogP contribution in [-0.4, -0.2) is 19.5 Å². The molecule has 8 aromatic carbocycles. The lowest BCUT2D eigenvalue weighted by molar-refractivity contribution is 1.07. The monoisotopic (exact) mass is 650 g/mol. The van der Waals surface area contributed by atoms with E-state index in [4.69, 9.17) is 15.0 Å². The summed E-state index contributed by atoms with van der Waals surface area (Å²) in [6.45, 7) is 0. The van der Waals surface area contributed by atoms with Crippen molar-refractivity contribution in [2.75, 3.05) is 0 Å². The van der Waals surface area contributed by atoms with Crippen molar-refractivity contribution in [2.45, 2.75) is 0 Å². The van der Waals surface area contributed by atoms with E-state index in [9.17, 15) is 0 Å². The number of hydrogen-bond acceptors (Lipinski definition) is 3. The van der Waals surface area contributed by atoms with Crippen LogP contribution in [0.25, 0.3) is 94.3 Å². The first-order valence-corrected chi connectivity index (χ1v) is 17.2. The van der Waals surface area contributed by atoms with Crippen LogP contribution in [-0.2, 0) is 0 Å². The summed E-state index contributed by atoms with van der Waals surface area (Å²) in [5, 5.41) is 7.04. The largest absolute Gasteiger partial charge is 0.309 e. The Balaban J connectivity index is 1.37. The van der Waals surface area contributed by atoms with Gasteiger partial charge < -0.3 is 4.57 Å². The quantitative estimate of drug-likeness (QED) is 0.186. The molecule has 0 amide bonds. The fourth-order valence-electron chi connectivity index (χ4n) is 7.56. The first-order chi connectivity index (χ1) is 25.3. The zero-order valence-corrected chi connectivity index (χ0v) is 27.6. The second-order valence-electron chi connectivity index (χ2n) is 12.8. The summed E-state index contributed by atoms with van der Waals surface area (Å²) >= 11 is 0. The topological polar surface area (TPSA) is 43.6 Å². The minimum Gasteiger partial charge on any atom is -0.309 e. The van der Waals surface area contributed by atoms with Gasteiger partial charge in [0.05, 0.1) is 16.7 Å². The van der Waals surface area contributed by atoms with Gasteiger partial charge in [0.15, 0.2) is 17.5 Å². The highest BCUT2D eigenvalue weighted by molar-refractivity contribution is 6.15. The number of aromatic nitrogens is 4. The summed E-state index contributed by atoms with van der Waals surface area (Å²) < 4.78 is 2.43. The average molecular weight is 651 g/mol. The van der Waals surface area contributed by atoms with Gasteiger partial charge in [0.25, 0.3) is 0 Å². The molecular weight excluding hydrogens is 621 g/mol. The maximum atomic E-state index is 5.22. The zero-order chi connectivity index (χ0) is 33.7. The van der Waals surface area contributed by atoms with Crippen LogP contribution >= 0.6 is 0 Å². The normalized spacial score (nSPS) is 11.5. The number of nitrogens with zero attached hydrogens (tertiary/aromatic N) is 4. The standard InChI is InChI=1S/C47H30N4/c1-3-17-32(18-4-1)45-48-46(33-19-5-2-6-20-33)50-47(49-45)40-30-43(51-41-28-13-11-24-36(41)37-25-12-14-29-42(37)51)44(39-26-10-9-23-35(39)40)38-27-15-21-31-16-7-8-22-34(31)38/h1-30H. The van der Waals surface area contributed by atoms with Gasteiger partial charge in [-0.25, -0.2) is 15.0 Å². The van der Waals surface area contributed by atoms with Crippen LogP contribution in [0.1, 0.15) is 0 Å². The van der Waals surface area contributed by atoms with Crippen LogP contribution < -0.4 is 0 Å². The summed E-state index contributed by atoms with van der Waals surface area (Å²) in [4.78, 5) is 15.4. The van der Waals surface area contributed by atoms with Gasteiger partial charge in [-0.05, 0) is 45.3 Å². The van der Waals surface area contributed by atoms with Crippen molar-refractivity contribution < 1.29 is 0 Å². The predicted molar refractivity (Wildman–Crippen MR) is 211 cm³/mol. The van der Waals surface area contributed by atoms with Gasteiger partial charge in [0, 0.05) is 33.0 Å². The number of fused-ring (bicyclic) bond motifs is 5. The van der Waals surface area contributed by atoms with Crippen molar-refractivity contribution in [2.24, 2.45) is 0 Å². The van der Waals surface area contributed by atoms with Gasteiger partial charge in [0.1, 0.15) is 0 Å². The highest BCUT2D eigenvalue weighted by atomic mass is 15.0. The zero-order valence-electron chi connectivity index (χ0n) is 27.6. The highest BCUT2D eigenvalue weighted by Gasteiger charge is 2.23. The molecule has 2 heterocycles. The van der Waals surface area contributed by atoms with E-state index in [-0.39, 0.29) is 0 Å². The predicted octanol–water partition coefficient (Wildman–Crippen LogP) is 11.9. The van der Waals surface area contributed by atoms with Gasteiger partial charge in [-0.15, -0.1) is 0 Å². The van der Waals surface area contributed by atoms with Crippen LogP contribution in [0.4, 0.5) is 0 Å². The van der Waals surface area contributed by atoms with Crippen molar-refractivity contribution in [3.8, 4) is 51.0 Å². The van der Waals surface area contributed by atoms with E-state index >= 15 is 0 Å². The molecule has 238 valence electrons. The third-order valence-electron chi connectivity index (χ3n) is 9.84. The van der Waals surface area contributed by atoms with Crippen molar-refractivity contribution in [1.29, 1.82) is 0 Å². The first kappa shape index (κ1) is 29.0. The third kappa shape index (κ3) is 4.80. The molecular formula is C47H30N4. The molecule has 0 aliphatic carbocycles. The van der Waals surface area contributed by atoms with E-state index < -0.39 is 0 Å². The van der Waals surface area contributed by atoms with E-state index in [2.05, 4.69) is 150 Å². The molecule has 4 nitrogen and oxygen atoms in total. The highest BCUT2D eigenvalue weighted by Crippen LogP contribution is 2.45. The summed E-state index contributed by atoms with van der Waals surface area (Å²) in [5.74, 6) is 1.91. The van der Waals surface area contributed by atoms with E-state index in [1.807, 2.05) is 36.4 Å². The van der Waals surface area contributed by atoms with E-state index in [0.717, 1.165) is 44.2 Å². The third-order valence-corrected chi connectivity index (χ3v) is 9.84. The fraction of sp³-hybridized carbons (Fsp3) is 0. The van der Waals surface area contributed by atoms with Gasteiger partial charge in [-0.1, -0.05) is 164 Å². The molecule has 2 aromatic heterocycles. The number of benzene rings is 8. The van der Waals surface area contributed by atoms with Crippen molar-refractivity contribution in [3.05, 3.63) is 182 Å². The van der Waals surface area contributed by atoms with Crippen molar-refractivity contribution in [1.82, 2.24) is 19.5 Å². The summed E-state index contributed by atoms with van der Waals surface area (Å²) in [7, 11) is 0. The lowest BCUT2D eigenvalue weighted by Crippen LogP contribution is -2.03. The molecule has 10 aromatic rings. The van der Waals surface area contributed by atoms with E-state index in [0.29, 0.717) is 17.5 Å². The van der Waals surface area contributed by atoms with Crippen molar-refractivity contribution in [3.63, 3.8) is 0 Å². The molecule has 0 fully saturated rings. The Hall–Kier alpha value is -6.91. The Morgan fingerprint density at radius 1 is 0.333 bits per heavy atom. The SMILES string of the molecule is c1ccc(-c2nc(-c3ccccc3)nc(-c3cc(-n4c5ccccc5c5ccccc54)c(-c4cccc5ccccc45)c4ccccc34)n2)cc1. The Labute approximate surface area is 295 Å². The smallest absolute Gasteiger partial charge is 0.164 e. The Morgan fingerprint density at radius 2 is 0.804 bits per heavy atom. The number of para-hydroxylation sites is 2. The summed E-state index contributed by atoms with van der Waals surface area (Å²) in [5.41, 5.74) is 8.54. The van der Waals surface area contributed by atoms with Crippen molar-refractivity contribution >= 4 is 43.4 Å². The van der Waals surface area contributed by atoms with Crippen LogP contribution in [0.2, 0.25) is 0 Å². The maximum Gasteiger partial charge on any atom is 0.164 e. The van der Waals surface area contributed by atoms with Gasteiger partial charge in [-0.2, -0.15) is 0 Å². The molecule has 0 bridgehead atoms. The summed E-state index contributed by atoms with van der Waals surface area (Å²) in [6, 6.07) is 64.0. The lowest BCUT2D eigenvalue weighted by atomic mass is 9.90. The molecule has 0 aliphatic rings. The molecule has 0 unspecified atom stereocenters. The van der Waals surface area contributed by atoms with Crippen LogP contribution in [0.3, 0.4) is 0 Å². The molecule has 0 N–H and O–H groups in total. The average Bonchev–Trinajstić information content (AvgIpc) is 3.55. The Bertz CT molecular complexity index is 2790. The maximum absolute atomic E-state index is 5.22. The summed E-state index contributed by atoms with van der Waals surface area (Å²) in [6.07, 6.45) is 0. The second-order valence-corrected chi connectivity index (χ2v) is 12.8. The number of rotatable bonds is 5. The lowest BCUT2D eigenvalue weighted by Gasteiger charge is -2.21.